The molecule has 0 aliphatic rings. The van der Waals surface area contributed by atoms with E-state index in [0.717, 1.165) is 25.5 Å². The van der Waals surface area contributed by atoms with Crippen LogP contribution in [0.1, 0.15) is 53.4 Å². The molecule has 0 spiro atoms. The highest BCUT2D eigenvalue weighted by molar-refractivity contribution is 5.67. The number of ether oxygens (including phenoxy) is 1. The molecule has 0 aromatic heterocycles. The maximum Gasteiger partial charge on any atom is 0.407 e. The van der Waals surface area contributed by atoms with Crippen LogP contribution in [0, 0.1) is 23.2 Å². The summed E-state index contributed by atoms with van der Waals surface area (Å²) in [5, 5.41) is 2.69. The molecule has 0 aromatic rings. The number of aldehydes is 1. The van der Waals surface area contributed by atoms with Crippen LogP contribution in [0.25, 0.3) is 0 Å². The van der Waals surface area contributed by atoms with Crippen LogP contribution in [0.5, 0.6) is 0 Å². The number of rotatable bonds is 10. The fourth-order valence-corrected chi connectivity index (χ4v) is 2.37. The van der Waals surface area contributed by atoms with Gasteiger partial charge >= 0.3 is 6.09 Å². The van der Waals surface area contributed by atoms with Gasteiger partial charge in [0.2, 0.25) is 0 Å². The summed E-state index contributed by atoms with van der Waals surface area (Å²) in [6.45, 7) is 8.89. The van der Waals surface area contributed by atoms with Crippen LogP contribution < -0.4 is 11.1 Å². The van der Waals surface area contributed by atoms with Gasteiger partial charge in [0.05, 0.1) is 12.6 Å². The predicted molar refractivity (Wildman–Crippen MR) is 88.3 cm³/mol. The summed E-state index contributed by atoms with van der Waals surface area (Å²) >= 11 is 0. The molecule has 126 valence electrons. The Bertz CT molecular complexity index is 397. The van der Waals surface area contributed by atoms with Gasteiger partial charge in [-0.1, -0.05) is 13.8 Å². The van der Waals surface area contributed by atoms with Crippen LogP contribution in [-0.2, 0) is 9.53 Å². The van der Waals surface area contributed by atoms with Crippen LogP contribution in [0.4, 0.5) is 4.79 Å². The first-order chi connectivity index (χ1) is 10.1. The lowest BCUT2D eigenvalue weighted by Gasteiger charge is -2.31. The fourth-order valence-electron chi connectivity index (χ4n) is 2.37. The summed E-state index contributed by atoms with van der Waals surface area (Å²) < 4.78 is 5.25. The molecular formula is C17H30N2O3. The van der Waals surface area contributed by atoms with E-state index in [1.54, 1.807) is 0 Å². The summed E-state index contributed by atoms with van der Waals surface area (Å²) in [6, 6.07) is -0.410. The Labute approximate surface area is 134 Å². The summed E-state index contributed by atoms with van der Waals surface area (Å²) in [6.07, 6.45) is 8.77. The molecular weight excluding hydrogens is 280 g/mol. The maximum absolute atomic E-state index is 11.6. The molecule has 0 unspecified atom stereocenters. The number of terminal acetylenes is 1. The number of unbranched alkanes of at least 4 members (excludes halogenated alkanes) is 1. The molecule has 0 rings (SSSR count). The second-order valence-corrected chi connectivity index (χ2v) is 7.17. The predicted octanol–water partition coefficient (Wildman–Crippen LogP) is 2.48. The van der Waals surface area contributed by atoms with Gasteiger partial charge in [-0.15, -0.1) is 12.3 Å². The minimum Gasteiger partial charge on any atom is -0.449 e. The number of nitrogens with two attached hydrogens (primary N) is 1. The first kappa shape index (κ1) is 20.5. The summed E-state index contributed by atoms with van der Waals surface area (Å²) in [5.74, 6) is 2.76. The Hall–Kier alpha value is -1.54. The van der Waals surface area contributed by atoms with Crippen LogP contribution >= 0.6 is 0 Å². The van der Waals surface area contributed by atoms with E-state index in [4.69, 9.17) is 16.9 Å². The largest absolute Gasteiger partial charge is 0.449 e. The topological polar surface area (TPSA) is 81.4 Å². The van der Waals surface area contributed by atoms with E-state index in [1.165, 1.54) is 0 Å². The van der Waals surface area contributed by atoms with Crippen molar-refractivity contribution in [3.8, 4) is 12.3 Å². The number of carbonyl (C=O) groups is 2. The first-order valence-corrected chi connectivity index (χ1v) is 7.71. The molecule has 22 heavy (non-hydrogen) atoms. The van der Waals surface area contributed by atoms with E-state index in [9.17, 15) is 9.59 Å². The number of hydrogen-bond donors (Lipinski definition) is 2. The normalized spacial score (nSPS) is 13.1. The average Bonchev–Trinajstić information content (AvgIpc) is 2.43. The van der Waals surface area contributed by atoms with Crippen LogP contribution in [0.2, 0.25) is 0 Å². The molecule has 0 radical (unpaired) electrons. The van der Waals surface area contributed by atoms with E-state index in [0.29, 0.717) is 19.6 Å². The van der Waals surface area contributed by atoms with Crippen LogP contribution in [0.3, 0.4) is 0 Å². The number of hydrogen-bond acceptors (Lipinski definition) is 4. The molecule has 0 aromatic carbocycles. The third kappa shape index (κ3) is 10.2. The Kier molecular flexibility index (Phi) is 8.81. The molecule has 1 atom stereocenters. The molecule has 5 heteroatoms. The molecule has 0 aliphatic heterocycles. The highest BCUT2D eigenvalue weighted by Crippen LogP contribution is 2.33. The molecule has 1 amide bonds. The molecule has 0 heterocycles. The van der Waals surface area contributed by atoms with Crippen molar-refractivity contribution < 1.29 is 14.3 Å². The highest BCUT2D eigenvalue weighted by atomic mass is 16.5. The Morgan fingerprint density at radius 3 is 2.55 bits per heavy atom. The van der Waals surface area contributed by atoms with Gasteiger partial charge in [0.1, 0.15) is 6.29 Å². The molecule has 5 nitrogen and oxygen atoms in total. The maximum atomic E-state index is 11.6. The Balaban J connectivity index is 3.89. The minimum atomic E-state index is -0.425. The highest BCUT2D eigenvalue weighted by Gasteiger charge is 2.28. The summed E-state index contributed by atoms with van der Waals surface area (Å²) in [5.41, 5.74) is 5.08. The second kappa shape index (κ2) is 9.47. The molecule has 0 saturated heterocycles. The van der Waals surface area contributed by atoms with Crippen molar-refractivity contribution in [2.24, 2.45) is 16.6 Å². The van der Waals surface area contributed by atoms with Gasteiger partial charge in [0.25, 0.3) is 0 Å². The summed E-state index contributed by atoms with van der Waals surface area (Å²) in [7, 11) is 0. The molecule has 0 saturated carbocycles. The van der Waals surface area contributed by atoms with Crippen molar-refractivity contribution in [3.63, 3.8) is 0 Å². The first-order valence-electron chi connectivity index (χ1n) is 7.71. The second-order valence-electron chi connectivity index (χ2n) is 7.17. The Morgan fingerprint density at radius 2 is 2.00 bits per heavy atom. The summed E-state index contributed by atoms with van der Waals surface area (Å²) in [4.78, 5) is 22.0. The monoisotopic (exact) mass is 310 g/mol. The lowest BCUT2D eigenvalue weighted by Crippen LogP contribution is -2.32. The van der Waals surface area contributed by atoms with E-state index in [1.807, 2.05) is 27.7 Å². The lowest BCUT2D eigenvalue weighted by molar-refractivity contribution is -0.109. The Morgan fingerprint density at radius 1 is 1.36 bits per heavy atom. The fraction of sp³-hybridized carbons (Fsp3) is 0.765. The van der Waals surface area contributed by atoms with Gasteiger partial charge in [0, 0.05) is 17.4 Å². The zero-order chi connectivity index (χ0) is 17.2. The zero-order valence-electron chi connectivity index (χ0n) is 14.3. The van der Waals surface area contributed by atoms with E-state index in [2.05, 4.69) is 11.2 Å². The average molecular weight is 310 g/mol. The van der Waals surface area contributed by atoms with Crippen molar-refractivity contribution in [3.05, 3.63) is 0 Å². The third-order valence-corrected chi connectivity index (χ3v) is 3.31. The van der Waals surface area contributed by atoms with Gasteiger partial charge in [-0.3, -0.25) is 0 Å². The minimum absolute atomic E-state index is 0.177. The number of nitrogens with one attached hydrogen (secondary N) is 1. The third-order valence-electron chi connectivity index (χ3n) is 3.31. The van der Waals surface area contributed by atoms with E-state index >= 15 is 0 Å². The van der Waals surface area contributed by atoms with E-state index in [-0.39, 0.29) is 10.8 Å². The van der Waals surface area contributed by atoms with Crippen LogP contribution in [0.15, 0.2) is 0 Å². The molecule has 0 fully saturated rings. The van der Waals surface area contributed by atoms with Crippen LogP contribution in [-0.4, -0.2) is 31.6 Å². The van der Waals surface area contributed by atoms with Gasteiger partial charge in [-0.2, -0.15) is 0 Å². The van der Waals surface area contributed by atoms with Crippen molar-refractivity contribution >= 4 is 12.4 Å². The van der Waals surface area contributed by atoms with E-state index < -0.39 is 12.1 Å². The molecule has 0 bridgehead atoms. The molecule has 3 N–H and O–H groups in total. The van der Waals surface area contributed by atoms with Gasteiger partial charge < -0.3 is 20.6 Å². The van der Waals surface area contributed by atoms with Crippen molar-refractivity contribution in [1.29, 1.82) is 0 Å². The quantitative estimate of drug-likeness (QED) is 0.369. The van der Waals surface area contributed by atoms with Gasteiger partial charge in [0.15, 0.2) is 0 Å². The number of alkyl carbamates (subject to hydrolysis) is 1. The van der Waals surface area contributed by atoms with Gasteiger partial charge in [-0.25, -0.2) is 4.79 Å². The van der Waals surface area contributed by atoms with Crippen molar-refractivity contribution in [2.75, 3.05) is 13.2 Å². The van der Waals surface area contributed by atoms with Crippen molar-refractivity contribution in [1.82, 2.24) is 5.32 Å². The number of amides is 1. The smallest absolute Gasteiger partial charge is 0.407 e. The number of carbonyl (C=O) groups excluding carboxylic acids is 2. The zero-order valence-corrected chi connectivity index (χ0v) is 14.3. The molecule has 0 aliphatic carbocycles. The van der Waals surface area contributed by atoms with Gasteiger partial charge in [-0.05, 0) is 39.5 Å². The standard InChI is InChI=1S/C17H30N2O3/c1-6-16(2,3)12-17(4,5)13-22-15(21)19-10-8-7-9-14(18)11-20/h1,11,14H,7-10,12-13,18H2,2-5H3,(H,19,21)/t14-/m0/s1. The SMILES string of the molecule is C#CC(C)(C)CC(C)(C)COC(=O)NCCCC[C@H](N)C=O. The van der Waals surface area contributed by atoms with Crippen molar-refractivity contribution in [2.45, 2.75) is 59.4 Å². The lowest BCUT2D eigenvalue weighted by atomic mass is 9.76.